The molecule has 0 saturated carbocycles. The third kappa shape index (κ3) is 3.32. The number of nitrogens with one attached hydrogen (secondary N) is 1. The van der Waals surface area contributed by atoms with Gasteiger partial charge in [-0.3, -0.25) is 9.59 Å². The van der Waals surface area contributed by atoms with Crippen molar-refractivity contribution in [3.63, 3.8) is 0 Å². The number of carbonyl (C=O) groups is 2. The van der Waals surface area contributed by atoms with Gasteiger partial charge in [0.15, 0.2) is 0 Å². The highest BCUT2D eigenvalue weighted by Crippen LogP contribution is 2.19. The molecular weight excluding hydrogens is 310 g/mol. The zero-order chi connectivity index (χ0) is 13.8. The van der Waals surface area contributed by atoms with Crippen LogP contribution in [-0.2, 0) is 4.79 Å². The van der Waals surface area contributed by atoms with Gasteiger partial charge >= 0.3 is 0 Å². The molecule has 1 N–H and O–H groups in total. The summed E-state index contributed by atoms with van der Waals surface area (Å²) < 4.78 is 0.849. The number of amides is 2. The Morgan fingerprint density at radius 1 is 1.37 bits per heavy atom. The van der Waals surface area contributed by atoms with E-state index in [-0.39, 0.29) is 17.7 Å². The maximum absolute atomic E-state index is 12.2. The maximum Gasteiger partial charge on any atom is 0.272 e. The fourth-order valence-electron chi connectivity index (χ4n) is 2.21. The van der Waals surface area contributed by atoms with E-state index in [9.17, 15) is 9.59 Å². The Labute approximate surface area is 120 Å². The first-order valence-electron chi connectivity index (χ1n) is 6.24. The fourth-order valence-corrected chi connectivity index (χ4v) is 2.45. The first kappa shape index (κ1) is 14.0. The summed E-state index contributed by atoms with van der Waals surface area (Å²) in [6.45, 7) is 1.21. The molecule has 6 heteroatoms. The summed E-state index contributed by atoms with van der Waals surface area (Å²) in [5.41, 5.74) is 0.446. The molecule has 5 nitrogen and oxygen atoms in total. The molecule has 1 aliphatic heterocycles. The van der Waals surface area contributed by atoms with E-state index in [1.54, 1.807) is 30.3 Å². The normalized spacial score (nSPS) is 16.2. The second-order valence-electron chi connectivity index (χ2n) is 4.54. The number of halogens is 1. The van der Waals surface area contributed by atoms with Crippen molar-refractivity contribution in [2.24, 2.45) is 5.92 Å². The van der Waals surface area contributed by atoms with Gasteiger partial charge in [0.1, 0.15) is 5.69 Å². The van der Waals surface area contributed by atoms with E-state index in [1.807, 2.05) is 0 Å². The molecule has 0 unspecified atom stereocenters. The molecule has 2 rings (SSSR count). The first-order chi connectivity index (χ1) is 9.11. The van der Waals surface area contributed by atoms with Gasteiger partial charge in [0.2, 0.25) is 5.91 Å². The van der Waals surface area contributed by atoms with E-state index in [2.05, 4.69) is 26.2 Å². The van der Waals surface area contributed by atoms with Gasteiger partial charge in [-0.1, -0.05) is 0 Å². The minimum Gasteiger partial charge on any atom is -0.359 e. The summed E-state index contributed by atoms with van der Waals surface area (Å²) in [7, 11) is 1.64. The molecule has 2 amide bonds. The van der Waals surface area contributed by atoms with Gasteiger partial charge in [-0.05, 0) is 40.9 Å². The smallest absolute Gasteiger partial charge is 0.272 e. The van der Waals surface area contributed by atoms with E-state index < -0.39 is 0 Å². The lowest BCUT2D eigenvalue weighted by atomic mass is 9.96. The lowest BCUT2D eigenvalue weighted by Crippen LogP contribution is -2.42. The van der Waals surface area contributed by atoms with Crippen molar-refractivity contribution in [2.75, 3.05) is 20.1 Å². The molecule has 1 aromatic rings. The number of nitrogens with zero attached hydrogens (tertiary/aromatic N) is 2. The van der Waals surface area contributed by atoms with E-state index in [0.29, 0.717) is 31.6 Å². The average Bonchev–Trinajstić information content (AvgIpc) is 2.46. The molecule has 2 heterocycles. The maximum atomic E-state index is 12.2. The third-order valence-corrected chi connectivity index (χ3v) is 3.81. The first-order valence-corrected chi connectivity index (χ1v) is 7.03. The summed E-state index contributed by atoms with van der Waals surface area (Å²) in [5.74, 6) is 0.0173. The molecule has 0 radical (unpaired) electrons. The van der Waals surface area contributed by atoms with Gasteiger partial charge in [0.05, 0.1) is 0 Å². The van der Waals surface area contributed by atoms with Crippen molar-refractivity contribution in [3.05, 3.63) is 28.5 Å². The summed E-state index contributed by atoms with van der Waals surface area (Å²) >= 11 is 3.29. The van der Waals surface area contributed by atoms with Gasteiger partial charge in [0.25, 0.3) is 5.91 Å². The van der Waals surface area contributed by atoms with E-state index in [4.69, 9.17) is 0 Å². The Bertz CT molecular complexity index is 467. The predicted molar refractivity (Wildman–Crippen MR) is 74.6 cm³/mol. The van der Waals surface area contributed by atoms with Crippen LogP contribution in [0.3, 0.4) is 0 Å². The van der Waals surface area contributed by atoms with Gasteiger partial charge in [0, 0.05) is 36.7 Å². The van der Waals surface area contributed by atoms with Crippen LogP contribution in [0.4, 0.5) is 0 Å². The van der Waals surface area contributed by atoms with E-state index >= 15 is 0 Å². The highest BCUT2D eigenvalue weighted by Gasteiger charge is 2.27. The lowest BCUT2D eigenvalue weighted by Gasteiger charge is -2.30. The Morgan fingerprint density at radius 3 is 2.58 bits per heavy atom. The quantitative estimate of drug-likeness (QED) is 0.895. The third-order valence-electron chi connectivity index (χ3n) is 3.35. The Hall–Kier alpha value is -1.43. The summed E-state index contributed by atoms with van der Waals surface area (Å²) in [4.78, 5) is 29.6. The number of carbonyl (C=O) groups excluding carboxylic acids is 2. The number of hydrogen-bond acceptors (Lipinski definition) is 3. The van der Waals surface area contributed by atoms with Crippen molar-refractivity contribution in [1.82, 2.24) is 15.2 Å². The standard InChI is InChI=1S/C13H16BrN3O2/c1-15-12(18)9-4-6-17(7-5-9)13(19)11-3-2-10(14)8-16-11/h2-3,8-9H,4-7H2,1H3,(H,15,18). The molecule has 1 saturated heterocycles. The molecule has 19 heavy (non-hydrogen) atoms. The van der Waals surface area contributed by atoms with Gasteiger partial charge in [-0.15, -0.1) is 0 Å². The average molecular weight is 326 g/mol. The molecule has 1 fully saturated rings. The minimum absolute atomic E-state index is 0.0203. The fraction of sp³-hybridized carbons (Fsp3) is 0.462. The highest BCUT2D eigenvalue weighted by molar-refractivity contribution is 9.10. The SMILES string of the molecule is CNC(=O)C1CCN(C(=O)c2ccc(Br)cn2)CC1. The van der Waals surface area contributed by atoms with Crippen LogP contribution in [0, 0.1) is 5.92 Å². The number of aromatic nitrogens is 1. The van der Waals surface area contributed by atoms with Crippen LogP contribution >= 0.6 is 15.9 Å². The number of piperidine rings is 1. The van der Waals surface area contributed by atoms with Crippen LogP contribution in [0.2, 0.25) is 0 Å². The Balaban J connectivity index is 1.96. The topological polar surface area (TPSA) is 62.3 Å². The largest absolute Gasteiger partial charge is 0.359 e. The van der Waals surface area contributed by atoms with Gasteiger partial charge in [-0.2, -0.15) is 0 Å². The minimum atomic E-state index is -0.0668. The summed E-state index contributed by atoms with van der Waals surface area (Å²) in [5, 5.41) is 2.66. The van der Waals surface area contributed by atoms with Crippen molar-refractivity contribution in [3.8, 4) is 0 Å². The Kier molecular flexibility index (Phi) is 4.52. The number of likely N-dealkylation sites (tertiary alicyclic amines) is 1. The van der Waals surface area contributed by atoms with Crippen molar-refractivity contribution < 1.29 is 9.59 Å². The van der Waals surface area contributed by atoms with Crippen LogP contribution in [0.25, 0.3) is 0 Å². The molecule has 0 spiro atoms. The Morgan fingerprint density at radius 2 is 2.05 bits per heavy atom. The molecule has 0 atom stereocenters. The van der Waals surface area contributed by atoms with Crippen LogP contribution in [-0.4, -0.2) is 41.8 Å². The number of pyridine rings is 1. The van der Waals surface area contributed by atoms with Crippen molar-refractivity contribution >= 4 is 27.7 Å². The van der Waals surface area contributed by atoms with Crippen LogP contribution in [0.1, 0.15) is 23.3 Å². The van der Waals surface area contributed by atoms with Crippen LogP contribution < -0.4 is 5.32 Å². The highest BCUT2D eigenvalue weighted by atomic mass is 79.9. The van der Waals surface area contributed by atoms with Crippen LogP contribution in [0.5, 0.6) is 0 Å². The molecular formula is C13H16BrN3O2. The van der Waals surface area contributed by atoms with Gasteiger partial charge < -0.3 is 10.2 Å². The number of rotatable bonds is 2. The monoisotopic (exact) mass is 325 g/mol. The molecule has 0 aromatic carbocycles. The predicted octanol–water partition coefficient (Wildman–Crippen LogP) is 1.44. The zero-order valence-electron chi connectivity index (χ0n) is 10.7. The van der Waals surface area contributed by atoms with E-state index in [0.717, 1.165) is 4.47 Å². The summed E-state index contributed by atoms with van der Waals surface area (Å²) in [6, 6.07) is 3.51. The zero-order valence-corrected chi connectivity index (χ0v) is 12.3. The van der Waals surface area contributed by atoms with E-state index in [1.165, 1.54) is 0 Å². The lowest BCUT2D eigenvalue weighted by molar-refractivity contribution is -0.125. The second kappa shape index (κ2) is 6.14. The molecule has 102 valence electrons. The van der Waals surface area contributed by atoms with Crippen LogP contribution in [0.15, 0.2) is 22.8 Å². The molecule has 1 aromatic heterocycles. The van der Waals surface area contributed by atoms with Crippen molar-refractivity contribution in [1.29, 1.82) is 0 Å². The summed E-state index contributed by atoms with van der Waals surface area (Å²) in [6.07, 6.45) is 3.04. The van der Waals surface area contributed by atoms with Gasteiger partial charge in [-0.25, -0.2) is 4.98 Å². The molecule has 0 aliphatic carbocycles. The van der Waals surface area contributed by atoms with Crippen molar-refractivity contribution in [2.45, 2.75) is 12.8 Å². The number of hydrogen-bond donors (Lipinski definition) is 1. The molecule has 1 aliphatic rings. The molecule has 0 bridgehead atoms. The second-order valence-corrected chi connectivity index (χ2v) is 5.46.